The van der Waals surface area contributed by atoms with Crippen LogP contribution >= 0.6 is 39.1 Å². The summed E-state index contributed by atoms with van der Waals surface area (Å²) >= 11 is 14.6. The van der Waals surface area contributed by atoms with E-state index in [9.17, 15) is 9.18 Å². The van der Waals surface area contributed by atoms with Crippen LogP contribution in [-0.4, -0.2) is 10.9 Å². The summed E-state index contributed by atoms with van der Waals surface area (Å²) in [5, 5.41) is 2.90. The molecule has 20 heavy (non-hydrogen) atoms. The molecule has 1 aromatic carbocycles. The van der Waals surface area contributed by atoms with Gasteiger partial charge in [-0.15, -0.1) is 0 Å². The van der Waals surface area contributed by atoms with E-state index < -0.39 is 11.7 Å². The van der Waals surface area contributed by atoms with Crippen molar-refractivity contribution in [3.8, 4) is 0 Å². The molecule has 104 valence electrons. The Bertz CT molecular complexity index is 694. The maximum Gasteiger partial charge on any atom is 0.257 e. The second kappa shape index (κ2) is 6.08. The molecule has 0 aliphatic heterocycles. The fourth-order valence-electron chi connectivity index (χ4n) is 1.52. The Hall–Kier alpha value is -1.17. The number of aromatic nitrogens is 1. The molecule has 2 aromatic rings. The van der Waals surface area contributed by atoms with Crippen LogP contribution < -0.4 is 5.32 Å². The summed E-state index contributed by atoms with van der Waals surface area (Å²) in [6.07, 6.45) is 1.30. The Morgan fingerprint density at radius 2 is 2.05 bits per heavy atom. The fourth-order valence-corrected chi connectivity index (χ4v) is 2.25. The second-order valence-electron chi connectivity index (χ2n) is 4.03. The third kappa shape index (κ3) is 3.29. The highest BCUT2D eigenvalue weighted by molar-refractivity contribution is 9.10. The van der Waals surface area contributed by atoms with E-state index >= 15 is 0 Å². The molecule has 1 aromatic heterocycles. The van der Waals surface area contributed by atoms with Crippen molar-refractivity contribution in [2.45, 2.75) is 6.92 Å². The van der Waals surface area contributed by atoms with Gasteiger partial charge in [-0.2, -0.15) is 0 Å². The second-order valence-corrected chi connectivity index (χ2v) is 5.65. The Balaban J connectivity index is 2.27. The van der Waals surface area contributed by atoms with Crippen LogP contribution in [0.25, 0.3) is 0 Å². The van der Waals surface area contributed by atoms with Crippen LogP contribution in [0.2, 0.25) is 10.2 Å². The molecule has 0 bridgehead atoms. The zero-order chi connectivity index (χ0) is 14.9. The molecule has 0 fully saturated rings. The first-order valence-corrected chi connectivity index (χ1v) is 7.01. The third-order valence-corrected chi connectivity index (χ3v) is 3.87. The normalized spacial score (nSPS) is 10.4. The molecule has 0 radical (unpaired) electrons. The van der Waals surface area contributed by atoms with E-state index in [1.54, 1.807) is 13.0 Å². The van der Waals surface area contributed by atoms with Gasteiger partial charge in [-0.05, 0) is 46.6 Å². The van der Waals surface area contributed by atoms with E-state index in [4.69, 9.17) is 23.2 Å². The number of anilines is 1. The number of amides is 1. The van der Waals surface area contributed by atoms with Crippen molar-refractivity contribution in [3.63, 3.8) is 0 Å². The maximum absolute atomic E-state index is 13.5. The molecular weight excluding hydrogens is 370 g/mol. The van der Waals surface area contributed by atoms with Crippen LogP contribution in [0.3, 0.4) is 0 Å². The fraction of sp³-hybridized carbons (Fsp3) is 0.0769. The molecule has 1 amide bonds. The first-order valence-electron chi connectivity index (χ1n) is 5.46. The molecule has 0 aliphatic rings. The topological polar surface area (TPSA) is 42.0 Å². The van der Waals surface area contributed by atoms with Crippen LogP contribution in [0, 0.1) is 12.7 Å². The van der Waals surface area contributed by atoms with Crippen molar-refractivity contribution < 1.29 is 9.18 Å². The number of pyridine rings is 1. The van der Waals surface area contributed by atoms with Crippen molar-refractivity contribution in [2.24, 2.45) is 0 Å². The Morgan fingerprint density at radius 3 is 2.70 bits per heavy atom. The van der Waals surface area contributed by atoms with Gasteiger partial charge in [0.1, 0.15) is 11.0 Å². The molecule has 7 heteroatoms. The van der Waals surface area contributed by atoms with Gasteiger partial charge in [-0.1, -0.05) is 23.2 Å². The smallest absolute Gasteiger partial charge is 0.257 e. The van der Waals surface area contributed by atoms with Crippen LogP contribution in [0.1, 0.15) is 15.9 Å². The molecule has 0 saturated carbocycles. The van der Waals surface area contributed by atoms with Crippen molar-refractivity contribution in [3.05, 3.63) is 56.0 Å². The first-order chi connectivity index (χ1) is 9.38. The quantitative estimate of drug-likeness (QED) is 0.760. The van der Waals surface area contributed by atoms with Crippen molar-refractivity contribution >= 4 is 50.7 Å². The van der Waals surface area contributed by atoms with Gasteiger partial charge in [0.25, 0.3) is 5.91 Å². The van der Waals surface area contributed by atoms with Gasteiger partial charge in [0.05, 0.1) is 15.1 Å². The minimum Gasteiger partial charge on any atom is -0.322 e. The van der Waals surface area contributed by atoms with Gasteiger partial charge in [0, 0.05) is 11.9 Å². The summed E-state index contributed by atoms with van der Waals surface area (Å²) in [6.45, 7) is 1.76. The molecule has 2 rings (SSSR count). The minimum absolute atomic E-state index is 0.120. The molecule has 1 heterocycles. The number of hydrogen-bond donors (Lipinski definition) is 1. The molecule has 3 nitrogen and oxygen atoms in total. The maximum atomic E-state index is 13.5. The largest absolute Gasteiger partial charge is 0.322 e. The summed E-state index contributed by atoms with van der Waals surface area (Å²) in [5.74, 6) is -0.904. The lowest BCUT2D eigenvalue weighted by atomic mass is 10.2. The number of hydrogen-bond acceptors (Lipinski definition) is 2. The third-order valence-electron chi connectivity index (χ3n) is 2.57. The predicted molar refractivity (Wildman–Crippen MR) is 81.0 cm³/mol. The van der Waals surface area contributed by atoms with Crippen molar-refractivity contribution in [1.82, 2.24) is 4.98 Å². The van der Waals surface area contributed by atoms with Crippen molar-refractivity contribution in [1.29, 1.82) is 0 Å². The lowest BCUT2D eigenvalue weighted by Crippen LogP contribution is -2.13. The number of rotatable bonds is 2. The van der Waals surface area contributed by atoms with Gasteiger partial charge >= 0.3 is 0 Å². The predicted octanol–water partition coefficient (Wildman–Crippen LogP) is 4.85. The van der Waals surface area contributed by atoms with Gasteiger partial charge in [0.15, 0.2) is 0 Å². The zero-order valence-electron chi connectivity index (χ0n) is 10.2. The molecule has 0 saturated heterocycles. The standard InChI is InChI=1S/C13H8BrCl2FN2O/c1-6-2-8(14)10(17)4-11(6)19-13(20)7-3-9(15)12(16)18-5-7/h2-5H,1H3,(H,19,20). The molecule has 0 aliphatic carbocycles. The van der Waals surface area contributed by atoms with Gasteiger partial charge in [0.2, 0.25) is 0 Å². The minimum atomic E-state index is -0.460. The molecular formula is C13H8BrCl2FN2O. The Labute approximate surface area is 133 Å². The van der Waals surface area contributed by atoms with E-state index in [1.807, 2.05) is 0 Å². The lowest BCUT2D eigenvalue weighted by Gasteiger charge is -2.09. The van der Waals surface area contributed by atoms with Crippen LogP contribution in [0.15, 0.2) is 28.9 Å². The summed E-state index contributed by atoms with van der Waals surface area (Å²) in [5.41, 5.74) is 1.34. The summed E-state index contributed by atoms with van der Waals surface area (Å²) in [7, 11) is 0. The number of carbonyl (C=O) groups excluding carboxylic acids is 1. The van der Waals surface area contributed by atoms with Gasteiger partial charge in [-0.3, -0.25) is 4.79 Å². The van der Waals surface area contributed by atoms with Gasteiger partial charge < -0.3 is 5.32 Å². The van der Waals surface area contributed by atoms with E-state index in [2.05, 4.69) is 26.2 Å². The highest BCUT2D eigenvalue weighted by Gasteiger charge is 2.12. The van der Waals surface area contributed by atoms with E-state index in [0.29, 0.717) is 10.2 Å². The Kier molecular flexibility index (Phi) is 4.62. The van der Waals surface area contributed by atoms with E-state index in [1.165, 1.54) is 18.3 Å². The van der Waals surface area contributed by atoms with Crippen molar-refractivity contribution in [2.75, 3.05) is 5.32 Å². The number of halogens is 4. The van der Waals surface area contributed by atoms with E-state index in [-0.39, 0.29) is 15.7 Å². The van der Waals surface area contributed by atoms with Gasteiger partial charge in [-0.25, -0.2) is 9.37 Å². The number of carbonyl (C=O) groups is 1. The van der Waals surface area contributed by atoms with Crippen LogP contribution in [-0.2, 0) is 0 Å². The number of nitrogens with zero attached hydrogens (tertiary/aromatic N) is 1. The highest BCUT2D eigenvalue weighted by Crippen LogP contribution is 2.25. The highest BCUT2D eigenvalue weighted by atomic mass is 79.9. The number of benzene rings is 1. The van der Waals surface area contributed by atoms with Crippen LogP contribution in [0.5, 0.6) is 0 Å². The Morgan fingerprint density at radius 1 is 1.35 bits per heavy atom. The summed E-state index contributed by atoms with van der Waals surface area (Å²) < 4.78 is 13.8. The summed E-state index contributed by atoms with van der Waals surface area (Å²) in [4.78, 5) is 15.8. The van der Waals surface area contributed by atoms with E-state index in [0.717, 1.165) is 5.56 Å². The number of nitrogens with one attached hydrogen (secondary N) is 1. The average molecular weight is 378 g/mol. The molecule has 1 N–H and O–H groups in total. The molecule has 0 unspecified atom stereocenters. The first kappa shape index (κ1) is 15.2. The monoisotopic (exact) mass is 376 g/mol. The zero-order valence-corrected chi connectivity index (χ0v) is 13.3. The molecule has 0 spiro atoms. The number of aryl methyl sites for hydroxylation is 1. The summed E-state index contributed by atoms with van der Waals surface area (Å²) in [6, 6.07) is 4.22. The van der Waals surface area contributed by atoms with Crippen LogP contribution in [0.4, 0.5) is 10.1 Å². The average Bonchev–Trinajstić information content (AvgIpc) is 2.39. The lowest BCUT2D eigenvalue weighted by molar-refractivity contribution is 0.102. The SMILES string of the molecule is Cc1cc(Br)c(F)cc1NC(=O)c1cnc(Cl)c(Cl)c1. The molecule has 0 atom stereocenters.